The molecule has 2 atom stereocenters. The lowest BCUT2D eigenvalue weighted by Gasteiger charge is -2.33. The van der Waals surface area contributed by atoms with Gasteiger partial charge < -0.3 is 5.32 Å². The van der Waals surface area contributed by atoms with Gasteiger partial charge in [0.25, 0.3) is 0 Å². The Kier molecular flexibility index (Phi) is 5.41. The Morgan fingerprint density at radius 3 is 2.35 bits per heavy atom. The molecule has 1 saturated carbocycles. The maximum Gasteiger partial charge on any atom is 0.0164 e. The Labute approximate surface area is 107 Å². The molecule has 0 amide bonds. The minimum absolute atomic E-state index is 0.424. The van der Waals surface area contributed by atoms with Crippen LogP contribution in [0.5, 0.6) is 0 Å². The first-order valence-corrected chi connectivity index (χ1v) is 6.66. The van der Waals surface area contributed by atoms with E-state index in [-0.39, 0.29) is 0 Å². The predicted molar refractivity (Wildman–Crippen MR) is 76.2 cm³/mol. The van der Waals surface area contributed by atoms with E-state index < -0.39 is 0 Å². The summed E-state index contributed by atoms with van der Waals surface area (Å²) in [5, 5.41) is 3.52. The zero-order valence-corrected chi connectivity index (χ0v) is 11.7. The van der Waals surface area contributed by atoms with Crippen molar-refractivity contribution >= 4 is 0 Å². The summed E-state index contributed by atoms with van der Waals surface area (Å²) >= 11 is 0. The highest BCUT2D eigenvalue weighted by molar-refractivity contribution is 4.97. The quantitative estimate of drug-likeness (QED) is 0.684. The normalized spacial score (nSPS) is 27.3. The molecule has 0 aromatic rings. The number of nitrogens with zero attached hydrogens (tertiary/aromatic N) is 1. The van der Waals surface area contributed by atoms with Gasteiger partial charge in [-0.3, -0.25) is 4.90 Å². The molecule has 0 radical (unpaired) electrons. The van der Waals surface area contributed by atoms with Gasteiger partial charge in [0.1, 0.15) is 0 Å². The third-order valence-electron chi connectivity index (χ3n) is 4.05. The second kappa shape index (κ2) is 6.36. The summed E-state index contributed by atoms with van der Waals surface area (Å²) in [6.45, 7) is 15.5. The largest absolute Gasteiger partial charge is 0.316 e. The number of hydrogen-bond acceptors (Lipinski definition) is 2. The van der Waals surface area contributed by atoms with Gasteiger partial charge in [0.15, 0.2) is 0 Å². The van der Waals surface area contributed by atoms with E-state index in [2.05, 4.69) is 44.3 Å². The van der Waals surface area contributed by atoms with Crippen LogP contribution in [0.4, 0.5) is 0 Å². The highest BCUT2D eigenvalue weighted by Gasteiger charge is 2.41. The van der Waals surface area contributed by atoms with Gasteiger partial charge in [0, 0.05) is 25.7 Å². The van der Waals surface area contributed by atoms with Crippen molar-refractivity contribution in [3.63, 3.8) is 0 Å². The van der Waals surface area contributed by atoms with Crippen LogP contribution in [0, 0.1) is 11.3 Å². The van der Waals surface area contributed by atoms with E-state index in [1.807, 2.05) is 12.2 Å². The Bertz CT molecular complexity index is 248. The zero-order valence-electron chi connectivity index (χ0n) is 11.7. The Hall–Kier alpha value is -0.600. The summed E-state index contributed by atoms with van der Waals surface area (Å²) in [4.78, 5) is 2.43. The van der Waals surface area contributed by atoms with Crippen molar-refractivity contribution in [3.8, 4) is 0 Å². The van der Waals surface area contributed by atoms with E-state index in [1.165, 1.54) is 12.8 Å². The topological polar surface area (TPSA) is 15.3 Å². The van der Waals surface area contributed by atoms with Crippen LogP contribution < -0.4 is 5.32 Å². The first-order valence-electron chi connectivity index (χ1n) is 6.66. The number of rotatable bonds is 7. The summed E-state index contributed by atoms with van der Waals surface area (Å²) < 4.78 is 0. The molecule has 0 aliphatic heterocycles. The van der Waals surface area contributed by atoms with E-state index in [0.29, 0.717) is 11.5 Å². The Balaban J connectivity index is 2.60. The van der Waals surface area contributed by atoms with Gasteiger partial charge in [-0.25, -0.2) is 0 Å². The van der Waals surface area contributed by atoms with Crippen molar-refractivity contribution in [2.75, 3.05) is 26.7 Å². The van der Waals surface area contributed by atoms with Crippen LogP contribution in [-0.4, -0.2) is 37.6 Å². The molecule has 0 aromatic carbocycles. The molecule has 0 heterocycles. The number of hydrogen-bond donors (Lipinski definition) is 1. The molecule has 17 heavy (non-hydrogen) atoms. The second-order valence-electron chi connectivity index (χ2n) is 5.85. The first-order chi connectivity index (χ1) is 8.05. The lowest BCUT2D eigenvalue weighted by molar-refractivity contribution is 0.210. The summed E-state index contributed by atoms with van der Waals surface area (Å²) in [6, 6.07) is 0.625. The third-order valence-corrected chi connectivity index (χ3v) is 4.05. The van der Waals surface area contributed by atoms with E-state index in [0.717, 1.165) is 25.6 Å². The van der Waals surface area contributed by atoms with Crippen LogP contribution in [0.25, 0.3) is 0 Å². The van der Waals surface area contributed by atoms with Gasteiger partial charge in [-0.1, -0.05) is 26.0 Å². The van der Waals surface area contributed by atoms with Crippen molar-refractivity contribution in [2.24, 2.45) is 11.3 Å². The molecule has 0 spiro atoms. The van der Waals surface area contributed by atoms with Crippen molar-refractivity contribution in [2.45, 2.75) is 32.7 Å². The molecule has 1 rings (SSSR count). The van der Waals surface area contributed by atoms with E-state index in [9.17, 15) is 0 Å². The summed E-state index contributed by atoms with van der Waals surface area (Å²) in [5.41, 5.74) is 0.424. The Morgan fingerprint density at radius 1 is 1.29 bits per heavy atom. The molecular weight excluding hydrogens is 208 g/mol. The standard InChI is InChI=1S/C15H28N2/c1-6-10-17(11-7-2)12-13-8-9-15(3,4)14(13)16-5/h6-7,13-14,16H,1-2,8-12H2,3-5H3. The van der Waals surface area contributed by atoms with E-state index in [1.54, 1.807) is 0 Å². The van der Waals surface area contributed by atoms with E-state index in [4.69, 9.17) is 0 Å². The summed E-state index contributed by atoms with van der Waals surface area (Å²) in [6.07, 6.45) is 6.61. The molecule has 2 heteroatoms. The van der Waals surface area contributed by atoms with Crippen molar-refractivity contribution in [1.29, 1.82) is 0 Å². The molecule has 98 valence electrons. The Morgan fingerprint density at radius 2 is 1.88 bits per heavy atom. The van der Waals surface area contributed by atoms with Crippen LogP contribution in [-0.2, 0) is 0 Å². The van der Waals surface area contributed by atoms with Crippen LogP contribution >= 0.6 is 0 Å². The highest BCUT2D eigenvalue weighted by Crippen LogP contribution is 2.41. The smallest absolute Gasteiger partial charge is 0.0164 e. The van der Waals surface area contributed by atoms with Crippen LogP contribution in [0.1, 0.15) is 26.7 Å². The van der Waals surface area contributed by atoms with Crippen molar-refractivity contribution < 1.29 is 0 Å². The highest BCUT2D eigenvalue weighted by atomic mass is 15.1. The fourth-order valence-electron chi connectivity index (χ4n) is 3.26. The van der Waals surface area contributed by atoms with Gasteiger partial charge in [-0.05, 0) is 31.2 Å². The van der Waals surface area contributed by atoms with Crippen molar-refractivity contribution in [1.82, 2.24) is 10.2 Å². The fourth-order valence-corrected chi connectivity index (χ4v) is 3.26. The minimum atomic E-state index is 0.424. The number of nitrogens with one attached hydrogen (secondary N) is 1. The summed E-state index contributed by atoms with van der Waals surface area (Å²) in [5.74, 6) is 0.745. The average molecular weight is 236 g/mol. The summed E-state index contributed by atoms with van der Waals surface area (Å²) in [7, 11) is 2.09. The molecule has 0 saturated heterocycles. The molecule has 1 N–H and O–H groups in total. The molecule has 1 fully saturated rings. The fraction of sp³-hybridized carbons (Fsp3) is 0.733. The molecule has 0 bridgehead atoms. The predicted octanol–water partition coefficient (Wildman–Crippen LogP) is 2.68. The third kappa shape index (κ3) is 3.68. The molecule has 2 nitrogen and oxygen atoms in total. The van der Waals surface area contributed by atoms with Gasteiger partial charge in [-0.2, -0.15) is 0 Å². The molecule has 1 aliphatic carbocycles. The zero-order chi connectivity index (χ0) is 12.9. The maximum atomic E-state index is 3.83. The second-order valence-corrected chi connectivity index (χ2v) is 5.85. The molecule has 0 aromatic heterocycles. The van der Waals surface area contributed by atoms with Crippen LogP contribution in [0.15, 0.2) is 25.3 Å². The van der Waals surface area contributed by atoms with E-state index >= 15 is 0 Å². The average Bonchev–Trinajstić information content (AvgIpc) is 2.54. The van der Waals surface area contributed by atoms with Gasteiger partial charge in [0.2, 0.25) is 0 Å². The molecular formula is C15H28N2. The maximum absolute atomic E-state index is 3.83. The van der Waals surface area contributed by atoms with Gasteiger partial charge >= 0.3 is 0 Å². The SMILES string of the molecule is C=CCN(CC=C)CC1CCC(C)(C)C1NC. The molecule has 1 aliphatic rings. The molecule has 2 unspecified atom stereocenters. The van der Waals surface area contributed by atoms with Crippen molar-refractivity contribution in [3.05, 3.63) is 25.3 Å². The van der Waals surface area contributed by atoms with Crippen LogP contribution in [0.2, 0.25) is 0 Å². The monoisotopic (exact) mass is 236 g/mol. The van der Waals surface area contributed by atoms with Crippen LogP contribution in [0.3, 0.4) is 0 Å². The van der Waals surface area contributed by atoms with Gasteiger partial charge in [-0.15, -0.1) is 13.2 Å². The lowest BCUT2D eigenvalue weighted by Crippen LogP contribution is -2.44. The van der Waals surface area contributed by atoms with Gasteiger partial charge in [0.05, 0.1) is 0 Å². The lowest BCUT2D eigenvalue weighted by atomic mass is 9.85. The first kappa shape index (κ1) is 14.5. The minimum Gasteiger partial charge on any atom is -0.316 e.